The van der Waals surface area contributed by atoms with Crippen LogP contribution in [0.25, 0.3) is 0 Å². The fraction of sp³-hybridized carbons (Fsp3) is 0. The third-order valence-electron chi connectivity index (χ3n) is 0.963. The number of hydrogen-bond donors (Lipinski definition) is 0. The molecule has 0 N–H and O–H groups in total. The number of halogens is 3. The summed E-state index contributed by atoms with van der Waals surface area (Å²) < 4.78 is 2.01. The molecular weight excluding hydrogens is 351 g/mol. The van der Waals surface area contributed by atoms with E-state index in [2.05, 4.69) is 47.8 Å². The minimum atomic E-state index is -0.0248. The van der Waals surface area contributed by atoms with Crippen molar-refractivity contribution >= 4 is 47.8 Å². The molecule has 0 radical (unpaired) electrons. The second kappa shape index (κ2) is 5.25. The van der Waals surface area contributed by atoms with Gasteiger partial charge in [0.25, 0.3) is 0 Å². The first-order chi connectivity index (χ1) is 4.61. The Morgan fingerprint density at radius 2 is 1.36 bits per heavy atom. The second-order valence-electron chi connectivity index (χ2n) is 1.70. The Labute approximate surface area is 112 Å². The maximum atomic E-state index is 11.0. The summed E-state index contributed by atoms with van der Waals surface area (Å²) in [6, 6.07) is 3.43. The van der Waals surface area contributed by atoms with Gasteiger partial charge in [-0.25, -0.2) is 0 Å². The molecule has 0 amide bonds. The SMILES string of the molecule is [Na+].[O-]c1c(Br)cc(Br)cc1Br. The Kier molecular flexibility index (Phi) is 5.94. The van der Waals surface area contributed by atoms with E-state index in [9.17, 15) is 5.11 Å². The van der Waals surface area contributed by atoms with E-state index in [1.165, 1.54) is 0 Å². The molecule has 0 fully saturated rings. The van der Waals surface area contributed by atoms with Crippen molar-refractivity contribution in [2.45, 2.75) is 0 Å². The van der Waals surface area contributed by atoms with Crippen molar-refractivity contribution in [3.63, 3.8) is 0 Å². The van der Waals surface area contributed by atoms with Crippen LogP contribution in [0, 0.1) is 0 Å². The van der Waals surface area contributed by atoms with Crippen LogP contribution in [-0.2, 0) is 0 Å². The Morgan fingerprint density at radius 3 is 1.73 bits per heavy atom. The average molecular weight is 353 g/mol. The van der Waals surface area contributed by atoms with Gasteiger partial charge < -0.3 is 5.11 Å². The molecule has 1 rings (SSSR count). The maximum Gasteiger partial charge on any atom is 1.00 e. The minimum absolute atomic E-state index is 0. The smallest absolute Gasteiger partial charge is 0.871 e. The van der Waals surface area contributed by atoms with Crippen molar-refractivity contribution in [1.29, 1.82) is 0 Å². The van der Waals surface area contributed by atoms with E-state index >= 15 is 0 Å². The molecule has 0 saturated carbocycles. The summed E-state index contributed by atoms with van der Waals surface area (Å²) in [5.74, 6) is -0.0248. The van der Waals surface area contributed by atoms with Crippen LogP contribution in [0.4, 0.5) is 0 Å². The van der Waals surface area contributed by atoms with Crippen molar-refractivity contribution in [3.05, 3.63) is 25.6 Å². The molecule has 0 aliphatic carbocycles. The molecule has 0 aliphatic heterocycles. The normalized spacial score (nSPS) is 9.00. The first-order valence-electron chi connectivity index (χ1n) is 2.43. The van der Waals surface area contributed by atoms with Crippen LogP contribution >= 0.6 is 47.8 Å². The van der Waals surface area contributed by atoms with Gasteiger partial charge in [0.2, 0.25) is 0 Å². The van der Waals surface area contributed by atoms with Gasteiger partial charge >= 0.3 is 29.6 Å². The van der Waals surface area contributed by atoms with Crippen LogP contribution in [0.5, 0.6) is 5.75 Å². The van der Waals surface area contributed by atoms with E-state index in [4.69, 9.17) is 0 Å². The van der Waals surface area contributed by atoms with Crippen LogP contribution < -0.4 is 34.7 Å². The summed E-state index contributed by atoms with van der Waals surface area (Å²) in [6.07, 6.45) is 0. The first kappa shape index (κ1) is 12.5. The molecule has 11 heavy (non-hydrogen) atoms. The van der Waals surface area contributed by atoms with Crippen LogP contribution in [0.15, 0.2) is 25.6 Å². The minimum Gasteiger partial charge on any atom is -0.871 e. The third-order valence-corrected chi connectivity index (χ3v) is 2.60. The van der Waals surface area contributed by atoms with Gasteiger partial charge in [0.05, 0.1) is 0 Å². The summed E-state index contributed by atoms with van der Waals surface area (Å²) in [4.78, 5) is 0. The standard InChI is InChI=1S/C6H3Br3O.Na/c7-3-1-4(8)6(10)5(9)2-3;/h1-2,10H;/q;+1/p-1. The van der Waals surface area contributed by atoms with Gasteiger partial charge in [-0.05, 0) is 12.1 Å². The van der Waals surface area contributed by atoms with E-state index in [0.717, 1.165) is 4.47 Å². The molecule has 1 nitrogen and oxygen atoms in total. The molecule has 0 heterocycles. The van der Waals surface area contributed by atoms with Crippen LogP contribution in [-0.4, -0.2) is 0 Å². The maximum absolute atomic E-state index is 11.0. The number of rotatable bonds is 0. The summed E-state index contributed by atoms with van der Waals surface area (Å²) in [6.45, 7) is 0. The van der Waals surface area contributed by atoms with Crippen LogP contribution in [0.3, 0.4) is 0 Å². The fourth-order valence-corrected chi connectivity index (χ4v) is 2.79. The Bertz CT molecular complexity index is 241. The predicted octanol–water partition coefficient (Wildman–Crippen LogP) is 0.0517. The van der Waals surface area contributed by atoms with Gasteiger partial charge in [-0.2, -0.15) is 0 Å². The Hall–Kier alpha value is 1.46. The Balaban J connectivity index is 0.000001000. The van der Waals surface area contributed by atoms with Gasteiger partial charge in [0.1, 0.15) is 0 Å². The molecule has 1 aromatic carbocycles. The zero-order valence-electron chi connectivity index (χ0n) is 5.70. The van der Waals surface area contributed by atoms with Crippen LogP contribution in [0.2, 0.25) is 0 Å². The molecule has 5 heteroatoms. The molecule has 0 unspecified atom stereocenters. The molecular formula is C6H2Br3NaO. The summed E-state index contributed by atoms with van der Waals surface area (Å²) in [7, 11) is 0. The van der Waals surface area contributed by atoms with Crippen molar-refractivity contribution in [3.8, 4) is 5.75 Å². The molecule has 0 atom stereocenters. The average Bonchev–Trinajstić information content (AvgIpc) is 1.82. The first-order valence-corrected chi connectivity index (χ1v) is 4.80. The summed E-state index contributed by atoms with van der Waals surface area (Å²) >= 11 is 9.50. The molecule has 1 aromatic rings. The molecule has 0 bridgehead atoms. The zero-order chi connectivity index (χ0) is 7.72. The Morgan fingerprint density at radius 1 is 1.00 bits per heavy atom. The molecule has 0 spiro atoms. The van der Waals surface area contributed by atoms with Crippen molar-refractivity contribution < 1.29 is 34.7 Å². The number of hydrogen-bond acceptors (Lipinski definition) is 1. The fourth-order valence-electron chi connectivity index (χ4n) is 0.529. The topological polar surface area (TPSA) is 23.1 Å². The quantitative estimate of drug-likeness (QED) is 0.605. The van der Waals surface area contributed by atoms with E-state index < -0.39 is 0 Å². The van der Waals surface area contributed by atoms with Gasteiger partial charge in [-0.1, -0.05) is 53.5 Å². The number of benzene rings is 1. The van der Waals surface area contributed by atoms with Gasteiger partial charge in [0.15, 0.2) is 0 Å². The van der Waals surface area contributed by atoms with Crippen molar-refractivity contribution in [2.75, 3.05) is 0 Å². The predicted molar refractivity (Wildman–Crippen MR) is 49.0 cm³/mol. The van der Waals surface area contributed by atoms with E-state index in [-0.39, 0.29) is 35.3 Å². The van der Waals surface area contributed by atoms with E-state index in [1.807, 2.05) is 0 Å². The molecule has 0 saturated heterocycles. The zero-order valence-corrected chi connectivity index (χ0v) is 12.5. The van der Waals surface area contributed by atoms with Crippen molar-refractivity contribution in [2.24, 2.45) is 0 Å². The molecule has 0 aliphatic rings. The summed E-state index contributed by atoms with van der Waals surface area (Å²) in [5, 5.41) is 11.0. The van der Waals surface area contributed by atoms with Gasteiger partial charge in [-0.3, -0.25) is 0 Å². The van der Waals surface area contributed by atoms with Gasteiger partial charge in [-0.15, -0.1) is 0 Å². The largest absolute Gasteiger partial charge is 1.00 e. The second-order valence-corrected chi connectivity index (χ2v) is 4.32. The van der Waals surface area contributed by atoms with Crippen molar-refractivity contribution in [1.82, 2.24) is 0 Å². The molecule has 54 valence electrons. The van der Waals surface area contributed by atoms with E-state index in [1.54, 1.807) is 12.1 Å². The van der Waals surface area contributed by atoms with Gasteiger partial charge in [0, 0.05) is 13.4 Å². The monoisotopic (exact) mass is 350 g/mol. The summed E-state index contributed by atoms with van der Waals surface area (Å²) in [5.41, 5.74) is 0. The van der Waals surface area contributed by atoms with E-state index in [0.29, 0.717) is 8.95 Å². The molecule has 0 aromatic heterocycles. The third kappa shape index (κ3) is 3.36. The van der Waals surface area contributed by atoms with Crippen LogP contribution in [0.1, 0.15) is 0 Å².